The molecule has 4 aliphatic rings. The van der Waals surface area contributed by atoms with Crippen molar-refractivity contribution in [2.75, 3.05) is 12.0 Å². The van der Waals surface area contributed by atoms with Crippen LogP contribution in [0.2, 0.25) is 0 Å². The molecule has 302 valence electrons. The predicted octanol–water partition coefficient (Wildman–Crippen LogP) is 6.74. The summed E-state index contributed by atoms with van der Waals surface area (Å²) in [5, 5.41) is 15.1. The summed E-state index contributed by atoms with van der Waals surface area (Å²) in [6.45, 7) is 4.14. The lowest BCUT2D eigenvalue weighted by molar-refractivity contribution is -0.123. The number of aliphatic imine (C=N–C) groups is 1. The number of H-pyrrole nitrogens is 1. The van der Waals surface area contributed by atoms with E-state index in [-0.39, 0.29) is 46.3 Å². The van der Waals surface area contributed by atoms with E-state index >= 15 is 0 Å². The molecule has 1 spiro atoms. The number of benzene rings is 5. The first-order valence-electron chi connectivity index (χ1n) is 20.0. The highest BCUT2D eigenvalue weighted by Gasteiger charge is 2.70. The first-order chi connectivity index (χ1) is 29.5. The van der Waals surface area contributed by atoms with Crippen molar-refractivity contribution in [1.29, 1.82) is 0 Å². The summed E-state index contributed by atoms with van der Waals surface area (Å²) in [7, 11) is 1.26. The Bertz CT molecular complexity index is 3130. The number of fused-ring (bicyclic) bond motifs is 10. The molecule has 2 fully saturated rings. The number of carbonyl (C=O) groups is 4. The quantitative estimate of drug-likeness (QED) is 0.126. The van der Waals surface area contributed by atoms with E-state index in [1.807, 2.05) is 66.7 Å². The number of Topliss-reactive ketones (excluding diaryl/α,β-unsaturated/α-hetero) is 1. The minimum atomic E-state index is -1.23. The standard InChI is InChI=1S/C32H28N4O5.C16H10N2O2/c1-17(2)16-22-25-26(29(39)35(28(25)38)23-14-8-5-11-19(23)30(40)41-3)32(34-22)20-12-6-9-15-24(20)36-27(37)18-10-4-7-13-21(18)33-31(32)36;19-15-10-6-2-4-8-12(10)17-14(15)13-9-5-1-3-7-11(9)18-16(13)20/h4-15,17,22,25-26,34H,16H2,1-3H3;1-8,18,20H/t22?,25-,26+,32?;/m0./s1. The molecule has 13 heteroatoms. The number of esters is 1. The summed E-state index contributed by atoms with van der Waals surface area (Å²) in [5.41, 5.74) is 3.52. The normalized spacial score (nSPS) is 20.8. The number of aromatic amines is 1. The van der Waals surface area contributed by atoms with Crippen LogP contribution in [0, 0.1) is 17.8 Å². The Morgan fingerprint density at radius 3 is 2.26 bits per heavy atom. The number of imide groups is 1. The molecule has 13 nitrogen and oxygen atoms in total. The number of para-hydroxylation sites is 5. The molecule has 0 aliphatic carbocycles. The number of methoxy groups -OCH3 is 1. The summed E-state index contributed by atoms with van der Waals surface area (Å²) in [6, 6.07) is 35.4. The van der Waals surface area contributed by atoms with E-state index in [1.54, 1.807) is 59.2 Å². The molecular formula is C48H38N6O7. The van der Waals surface area contributed by atoms with Crippen LogP contribution in [0.25, 0.3) is 27.5 Å². The van der Waals surface area contributed by atoms with Gasteiger partial charge in [-0.05, 0) is 60.9 Å². The molecule has 61 heavy (non-hydrogen) atoms. The summed E-state index contributed by atoms with van der Waals surface area (Å²) in [6.07, 6.45) is 0.619. The molecule has 2 aromatic heterocycles. The molecule has 7 aromatic rings. The summed E-state index contributed by atoms with van der Waals surface area (Å²) >= 11 is 0. The molecule has 2 unspecified atom stereocenters. The number of hydrogen-bond acceptors (Lipinski definition) is 10. The fraction of sp³-hybridized carbons (Fsp3) is 0.188. The van der Waals surface area contributed by atoms with Crippen LogP contribution >= 0.6 is 0 Å². The van der Waals surface area contributed by atoms with Gasteiger partial charge in [0.1, 0.15) is 17.1 Å². The summed E-state index contributed by atoms with van der Waals surface area (Å²) < 4.78 is 6.55. The van der Waals surface area contributed by atoms with Crippen LogP contribution < -0.4 is 15.8 Å². The number of carbonyl (C=O) groups excluding carboxylic acids is 4. The topological polar surface area (TPSA) is 176 Å². The fourth-order valence-electron chi connectivity index (χ4n) is 9.72. The number of ketones is 1. The van der Waals surface area contributed by atoms with Crippen LogP contribution in [-0.4, -0.2) is 62.1 Å². The van der Waals surface area contributed by atoms with E-state index in [0.29, 0.717) is 51.4 Å². The molecule has 0 bridgehead atoms. The van der Waals surface area contributed by atoms with Gasteiger partial charge in [0.05, 0.1) is 58.0 Å². The number of nitrogens with one attached hydrogen (secondary N) is 2. The summed E-state index contributed by atoms with van der Waals surface area (Å²) in [5.74, 6) is -2.66. The Morgan fingerprint density at radius 1 is 0.820 bits per heavy atom. The third-order valence-electron chi connectivity index (χ3n) is 12.2. The van der Waals surface area contributed by atoms with Crippen LogP contribution in [0.3, 0.4) is 0 Å². The number of anilines is 1. The van der Waals surface area contributed by atoms with Gasteiger partial charge in [-0.1, -0.05) is 86.6 Å². The first kappa shape index (κ1) is 37.7. The highest BCUT2D eigenvalue weighted by Crippen LogP contribution is 2.56. The molecular weight excluding hydrogens is 773 g/mol. The van der Waals surface area contributed by atoms with Crippen molar-refractivity contribution in [2.24, 2.45) is 22.7 Å². The largest absolute Gasteiger partial charge is 0.494 e. The zero-order valence-electron chi connectivity index (χ0n) is 33.2. The van der Waals surface area contributed by atoms with Crippen LogP contribution in [0.5, 0.6) is 5.88 Å². The number of aromatic nitrogens is 3. The second kappa shape index (κ2) is 14.1. The third-order valence-corrected chi connectivity index (χ3v) is 12.2. The van der Waals surface area contributed by atoms with Crippen LogP contribution in [0.1, 0.15) is 57.9 Å². The van der Waals surface area contributed by atoms with Crippen molar-refractivity contribution in [3.05, 3.63) is 160 Å². The Labute approximate surface area is 348 Å². The van der Waals surface area contributed by atoms with E-state index in [4.69, 9.17) is 9.72 Å². The lowest BCUT2D eigenvalue weighted by Gasteiger charge is -2.32. The molecule has 3 N–H and O–H groups in total. The van der Waals surface area contributed by atoms with Crippen molar-refractivity contribution in [1.82, 2.24) is 19.9 Å². The molecule has 11 rings (SSSR count). The molecule has 0 saturated carbocycles. The van der Waals surface area contributed by atoms with Gasteiger partial charge >= 0.3 is 5.97 Å². The van der Waals surface area contributed by atoms with Crippen LogP contribution in [0.15, 0.2) is 131 Å². The lowest BCUT2D eigenvalue weighted by atomic mass is 9.75. The van der Waals surface area contributed by atoms with Crippen molar-refractivity contribution in [2.45, 2.75) is 31.8 Å². The monoisotopic (exact) mass is 810 g/mol. The molecule has 4 atom stereocenters. The van der Waals surface area contributed by atoms with Gasteiger partial charge in [0.25, 0.3) is 5.56 Å². The van der Waals surface area contributed by atoms with Gasteiger partial charge in [-0.3, -0.25) is 29.1 Å². The van der Waals surface area contributed by atoms with Gasteiger partial charge in [0.15, 0.2) is 5.88 Å². The van der Waals surface area contributed by atoms with Crippen molar-refractivity contribution in [3.8, 4) is 11.6 Å². The zero-order chi connectivity index (χ0) is 42.3. The van der Waals surface area contributed by atoms with Gasteiger partial charge in [-0.25, -0.2) is 19.7 Å². The van der Waals surface area contributed by atoms with E-state index in [9.17, 15) is 29.1 Å². The summed E-state index contributed by atoms with van der Waals surface area (Å²) in [4.78, 5) is 81.4. The molecule has 4 aliphatic heterocycles. The fourth-order valence-corrected chi connectivity index (χ4v) is 9.72. The number of amides is 2. The van der Waals surface area contributed by atoms with Crippen molar-refractivity contribution < 1.29 is 29.0 Å². The Hall–Kier alpha value is -7.51. The highest BCUT2D eigenvalue weighted by molar-refractivity contribution is 6.56. The first-order valence-corrected chi connectivity index (χ1v) is 20.0. The van der Waals surface area contributed by atoms with Gasteiger partial charge in [0.2, 0.25) is 17.6 Å². The predicted molar refractivity (Wildman–Crippen MR) is 229 cm³/mol. The molecule has 5 aromatic carbocycles. The maximum Gasteiger partial charge on any atom is 0.339 e. The third kappa shape index (κ3) is 5.46. The van der Waals surface area contributed by atoms with Crippen molar-refractivity contribution >= 4 is 62.5 Å². The lowest BCUT2D eigenvalue weighted by Crippen LogP contribution is -2.50. The van der Waals surface area contributed by atoms with Crippen LogP contribution in [0.4, 0.5) is 11.4 Å². The highest BCUT2D eigenvalue weighted by atomic mass is 16.5. The van der Waals surface area contributed by atoms with E-state index in [1.165, 1.54) is 7.11 Å². The zero-order valence-corrected chi connectivity index (χ0v) is 33.2. The molecule has 0 radical (unpaired) electrons. The smallest absolute Gasteiger partial charge is 0.339 e. The minimum absolute atomic E-state index is 0.0221. The van der Waals surface area contributed by atoms with E-state index in [0.717, 1.165) is 21.4 Å². The second-order valence-corrected chi connectivity index (χ2v) is 16.0. The maximum absolute atomic E-state index is 14.6. The maximum atomic E-state index is 14.6. The minimum Gasteiger partial charge on any atom is -0.494 e. The number of hydrogen-bond donors (Lipinski definition) is 3. The van der Waals surface area contributed by atoms with E-state index in [2.05, 4.69) is 29.1 Å². The van der Waals surface area contributed by atoms with Crippen molar-refractivity contribution in [3.63, 3.8) is 0 Å². The molecule has 2 saturated heterocycles. The number of rotatable bonds is 5. The van der Waals surface area contributed by atoms with Gasteiger partial charge < -0.3 is 14.8 Å². The Balaban J connectivity index is 0.000000185. The number of aromatic hydroxyl groups is 1. The van der Waals surface area contributed by atoms with Gasteiger partial charge in [0, 0.05) is 28.1 Å². The Morgan fingerprint density at radius 2 is 1.49 bits per heavy atom. The molecule has 2 amide bonds. The average Bonchev–Trinajstić information content (AvgIpc) is 4.03. The number of ether oxygens (including phenoxy) is 1. The Kier molecular flexibility index (Phi) is 8.70. The van der Waals surface area contributed by atoms with E-state index < -0.39 is 29.3 Å². The average molecular weight is 811 g/mol. The SMILES string of the molecule is COC(=O)c1ccccc1N1C(=O)[C@H]2C(CC(C)C)NC3(c4ccccc4-n4c3nc3ccccc3c4=O)[C@H]2C1=O.O=C1C(c2c(O)[nH]c3ccccc23)=Nc2ccccc21. The number of nitrogens with zero attached hydrogens (tertiary/aromatic N) is 4. The van der Waals surface area contributed by atoms with Gasteiger partial charge in [-0.2, -0.15) is 0 Å². The second-order valence-electron chi connectivity index (χ2n) is 16.0. The molecule has 6 heterocycles. The van der Waals surface area contributed by atoms with Gasteiger partial charge in [-0.15, -0.1) is 0 Å². The van der Waals surface area contributed by atoms with Crippen LogP contribution in [-0.2, 0) is 19.9 Å².